The maximum absolute atomic E-state index is 13.2. The molecule has 7 heteroatoms. The van der Waals surface area contributed by atoms with Gasteiger partial charge in [-0.1, -0.05) is 6.07 Å². The van der Waals surface area contributed by atoms with Crippen molar-refractivity contribution in [3.05, 3.63) is 77.4 Å². The Hall–Kier alpha value is -3.79. The Kier molecular flexibility index (Phi) is 4.85. The van der Waals surface area contributed by atoms with Gasteiger partial charge in [0, 0.05) is 17.1 Å². The maximum Gasteiger partial charge on any atom is 0.274 e. The maximum atomic E-state index is 13.2. The first-order valence-corrected chi connectivity index (χ1v) is 7.73. The number of hydrogen-bond donors (Lipinski definition) is 2. The molecule has 1 aromatic heterocycles. The van der Waals surface area contributed by atoms with Crippen molar-refractivity contribution >= 4 is 23.2 Å². The Morgan fingerprint density at radius 3 is 2.54 bits per heavy atom. The quantitative estimate of drug-likeness (QED) is 0.749. The number of benzene rings is 2. The lowest BCUT2D eigenvalue weighted by Crippen LogP contribution is -2.15. The van der Waals surface area contributed by atoms with Crippen molar-refractivity contribution < 1.29 is 9.18 Å². The summed E-state index contributed by atoms with van der Waals surface area (Å²) >= 11 is 0. The smallest absolute Gasteiger partial charge is 0.274 e. The zero-order chi connectivity index (χ0) is 18.5. The van der Waals surface area contributed by atoms with Gasteiger partial charge < -0.3 is 10.6 Å². The van der Waals surface area contributed by atoms with Gasteiger partial charge in [0.05, 0.1) is 11.6 Å². The molecule has 1 amide bonds. The number of nitrogens with one attached hydrogen (secondary N) is 2. The van der Waals surface area contributed by atoms with Crippen molar-refractivity contribution in [3.63, 3.8) is 0 Å². The van der Waals surface area contributed by atoms with E-state index >= 15 is 0 Å². The number of nitriles is 1. The predicted octanol–water partition coefficient (Wildman–Crippen LogP) is 3.79. The third kappa shape index (κ3) is 4.19. The summed E-state index contributed by atoms with van der Waals surface area (Å²) in [6.07, 6.45) is 0. The van der Waals surface area contributed by atoms with E-state index in [1.54, 1.807) is 43.3 Å². The van der Waals surface area contributed by atoms with Crippen LogP contribution in [-0.4, -0.2) is 15.9 Å². The number of aromatic nitrogens is 2. The van der Waals surface area contributed by atoms with E-state index in [2.05, 4.69) is 20.6 Å². The van der Waals surface area contributed by atoms with Gasteiger partial charge in [-0.25, -0.2) is 14.4 Å². The van der Waals surface area contributed by atoms with Gasteiger partial charge >= 0.3 is 0 Å². The molecule has 1 heterocycles. The van der Waals surface area contributed by atoms with Crippen LogP contribution in [0.4, 0.5) is 21.7 Å². The van der Waals surface area contributed by atoms with E-state index in [4.69, 9.17) is 5.26 Å². The number of rotatable bonds is 4. The van der Waals surface area contributed by atoms with Crippen LogP contribution in [0.2, 0.25) is 0 Å². The molecule has 128 valence electrons. The minimum absolute atomic E-state index is 0.151. The number of anilines is 3. The number of amides is 1. The zero-order valence-electron chi connectivity index (χ0n) is 13.8. The lowest BCUT2D eigenvalue weighted by Gasteiger charge is -2.09. The molecule has 0 spiro atoms. The van der Waals surface area contributed by atoms with Crippen molar-refractivity contribution in [1.29, 1.82) is 5.26 Å². The van der Waals surface area contributed by atoms with E-state index in [9.17, 15) is 9.18 Å². The third-order valence-electron chi connectivity index (χ3n) is 3.44. The summed E-state index contributed by atoms with van der Waals surface area (Å²) in [5.41, 5.74) is 2.31. The molecule has 0 atom stereocenters. The van der Waals surface area contributed by atoms with E-state index in [1.807, 2.05) is 6.07 Å². The Morgan fingerprint density at radius 1 is 1.08 bits per heavy atom. The first-order valence-electron chi connectivity index (χ1n) is 7.73. The van der Waals surface area contributed by atoms with Crippen molar-refractivity contribution in [2.75, 3.05) is 10.6 Å². The van der Waals surface area contributed by atoms with Crippen molar-refractivity contribution in [2.45, 2.75) is 6.92 Å². The molecule has 0 fully saturated rings. The van der Waals surface area contributed by atoms with Gasteiger partial charge in [-0.2, -0.15) is 5.26 Å². The van der Waals surface area contributed by atoms with Crippen molar-refractivity contribution in [3.8, 4) is 6.07 Å². The molecule has 0 unspecified atom stereocenters. The van der Waals surface area contributed by atoms with Crippen LogP contribution in [0.25, 0.3) is 0 Å². The van der Waals surface area contributed by atoms with E-state index in [0.717, 1.165) is 0 Å². The molecule has 0 saturated carbocycles. The summed E-state index contributed by atoms with van der Waals surface area (Å²) in [5.74, 6) is -0.659. The highest BCUT2D eigenvalue weighted by Crippen LogP contribution is 2.16. The average Bonchev–Trinajstić information content (AvgIpc) is 2.62. The summed E-state index contributed by atoms with van der Waals surface area (Å²) < 4.78 is 13.2. The third-order valence-corrected chi connectivity index (χ3v) is 3.44. The highest BCUT2D eigenvalue weighted by atomic mass is 19.1. The van der Waals surface area contributed by atoms with Crippen molar-refractivity contribution in [2.24, 2.45) is 0 Å². The van der Waals surface area contributed by atoms with Crippen LogP contribution in [0.5, 0.6) is 0 Å². The van der Waals surface area contributed by atoms with Gasteiger partial charge in [0.25, 0.3) is 5.91 Å². The van der Waals surface area contributed by atoms with Crippen LogP contribution in [0.1, 0.15) is 21.7 Å². The number of carbonyl (C=O) groups excluding carboxylic acids is 1. The van der Waals surface area contributed by atoms with E-state index in [-0.39, 0.29) is 11.6 Å². The molecule has 0 aliphatic carbocycles. The molecule has 0 bridgehead atoms. The lowest BCUT2D eigenvalue weighted by atomic mass is 10.2. The molecule has 0 radical (unpaired) electrons. The molecule has 2 aromatic carbocycles. The lowest BCUT2D eigenvalue weighted by molar-refractivity contribution is 0.102. The van der Waals surface area contributed by atoms with Crippen LogP contribution in [0, 0.1) is 24.1 Å². The molecule has 0 aliphatic heterocycles. The Bertz CT molecular complexity index is 996. The highest BCUT2D eigenvalue weighted by molar-refractivity contribution is 6.03. The van der Waals surface area contributed by atoms with Gasteiger partial charge in [0.15, 0.2) is 0 Å². The summed E-state index contributed by atoms with van der Waals surface area (Å²) in [4.78, 5) is 20.8. The average molecular weight is 347 g/mol. The second-order valence-corrected chi connectivity index (χ2v) is 5.50. The fourth-order valence-corrected chi connectivity index (χ4v) is 2.26. The monoisotopic (exact) mass is 347 g/mol. The number of hydrogen-bond acceptors (Lipinski definition) is 5. The summed E-state index contributed by atoms with van der Waals surface area (Å²) in [5, 5.41) is 14.4. The van der Waals surface area contributed by atoms with Gasteiger partial charge in [0.1, 0.15) is 11.5 Å². The number of carbonyl (C=O) groups is 1. The second kappa shape index (κ2) is 7.40. The van der Waals surface area contributed by atoms with Gasteiger partial charge in [-0.05, 0) is 55.5 Å². The minimum Gasteiger partial charge on any atom is -0.324 e. The summed E-state index contributed by atoms with van der Waals surface area (Å²) in [6, 6.07) is 16.0. The Morgan fingerprint density at radius 2 is 1.85 bits per heavy atom. The SMILES string of the molecule is Cc1cc(C(=O)Nc2cccc(F)c2)nc(Nc2ccc(C#N)cc2)n1. The molecule has 26 heavy (non-hydrogen) atoms. The Labute approximate surface area is 149 Å². The normalized spacial score (nSPS) is 10.0. The predicted molar refractivity (Wildman–Crippen MR) is 95.6 cm³/mol. The topological polar surface area (TPSA) is 90.7 Å². The first-order chi connectivity index (χ1) is 12.5. The van der Waals surface area contributed by atoms with Gasteiger partial charge in [-0.15, -0.1) is 0 Å². The van der Waals surface area contributed by atoms with Crippen LogP contribution in [-0.2, 0) is 0 Å². The molecular weight excluding hydrogens is 333 g/mol. The van der Waals surface area contributed by atoms with E-state index < -0.39 is 11.7 Å². The molecule has 3 aromatic rings. The first kappa shape index (κ1) is 17.0. The summed E-state index contributed by atoms with van der Waals surface area (Å²) in [7, 11) is 0. The van der Waals surface area contributed by atoms with Crippen LogP contribution >= 0.6 is 0 Å². The fraction of sp³-hybridized carbons (Fsp3) is 0.0526. The van der Waals surface area contributed by atoms with E-state index in [0.29, 0.717) is 22.6 Å². The number of halogens is 1. The second-order valence-electron chi connectivity index (χ2n) is 5.50. The molecule has 3 rings (SSSR count). The largest absolute Gasteiger partial charge is 0.324 e. The summed E-state index contributed by atoms with van der Waals surface area (Å²) in [6.45, 7) is 1.74. The fourth-order valence-electron chi connectivity index (χ4n) is 2.26. The van der Waals surface area contributed by atoms with Crippen LogP contribution in [0.15, 0.2) is 54.6 Å². The van der Waals surface area contributed by atoms with Gasteiger partial charge in [0.2, 0.25) is 5.95 Å². The standard InChI is InChI=1S/C19H14FN5O/c1-12-9-17(18(26)23-16-4-2-3-14(20)10-16)25-19(22-12)24-15-7-5-13(11-21)6-8-15/h2-10H,1H3,(H,23,26)(H,22,24,25). The minimum atomic E-state index is -0.469. The van der Waals surface area contributed by atoms with Crippen molar-refractivity contribution in [1.82, 2.24) is 9.97 Å². The Balaban J connectivity index is 1.80. The number of nitrogens with zero attached hydrogens (tertiary/aromatic N) is 3. The molecule has 6 nitrogen and oxygen atoms in total. The van der Waals surface area contributed by atoms with Crippen LogP contribution in [0.3, 0.4) is 0 Å². The van der Waals surface area contributed by atoms with Crippen LogP contribution < -0.4 is 10.6 Å². The molecule has 0 saturated heterocycles. The molecule has 2 N–H and O–H groups in total. The zero-order valence-corrected chi connectivity index (χ0v) is 13.8. The van der Waals surface area contributed by atoms with E-state index in [1.165, 1.54) is 18.2 Å². The highest BCUT2D eigenvalue weighted by Gasteiger charge is 2.11. The molecular formula is C19H14FN5O. The number of aryl methyl sites for hydroxylation is 1. The molecule has 0 aliphatic rings. The van der Waals surface area contributed by atoms with Gasteiger partial charge in [-0.3, -0.25) is 4.79 Å².